The highest BCUT2D eigenvalue weighted by Gasteiger charge is 2.36. The Morgan fingerprint density at radius 2 is 1.76 bits per heavy atom. The van der Waals surface area contributed by atoms with Gasteiger partial charge >= 0.3 is 6.18 Å². The van der Waals surface area contributed by atoms with Crippen molar-refractivity contribution in [2.24, 2.45) is 11.7 Å². The minimum atomic E-state index is -4.73. The molecule has 1 unspecified atom stereocenters. The molecule has 0 aliphatic heterocycles. The van der Waals surface area contributed by atoms with E-state index in [0.29, 0.717) is 22.9 Å². The molecule has 0 saturated heterocycles. The molecule has 5 aromatic rings. The van der Waals surface area contributed by atoms with E-state index in [2.05, 4.69) is 27.9 Å². The predicted molar refractivity (Wildman–Crippen MR) is 178 cm³/mol. The second-order valence-electron chi connectivity index (χ2n) is 11.0. The van der Waals surface area contributed by atoms with Gasteiger partial charge < -0.3 is 21.1 Å². The number of ether oxygens (including phenoxy) is 1. The fraction of sp³-hybridized carbons (Fsp3) is 0.235. The summed E-state index contributed by atoms with van der Waals surface area (Å²) >= 11 is 0. The van der Waals surface area contributed by atoms with Crippen molar-refractivity contribution in [1.29, 1.82) is 0 Å². The fourth-order valence-corrected chi connectivity index (χ4v) is 5.43. The molecule has 46 heavy (non-hydrogen) atoms. The zero-order valence-electron chi connectivity index (χ0n) is 24.9. The second kappa shape index (κ2) is 14.6. The summed E-state index contributed by atoms with van der Waals surface area (Å²) in [7, 11) is 1.64. The van der Waals surface area contributed by atoms with Crippen molar-refractivity contribution >= 4 is 47.2 Å². The minimum Gasteiger partial charge on any atom is -0.496 e. The van der Waals surface area contributed by atoms with Gasteiger partial charge in [-0.2, -0.15) is 18.3 Å². The number of fused-ring (bicyclic) bond motifs is 1. The number of carbonyl (C=O) groups is 1. The van der Waals surface area contributed by atoms with Gasteiger partial charge in [0.05, 0.1) is 18.8 Å². The third-order valence-corrected chi connectivity index (χ3v) is 7.85. The summed E-state index contributed by atoms with van der Waals surface area (Å²) < 4.78 is 47.9. The topological polar surface area (TPSA) is 94.2 Å². The molecule has 0 bridgehead atoms. The quantitative estimate of drug-likeness (QED) is 0.142. The number of aromatic nitrogens is 2. The number of rotatable bonds is 10. The molecule has 242 valence electrons. The SMILES string of the molecule is COc1ccc2ccccc2c1C(NCC1CC1)c1cccc(NC(=O)c2cc(C(F)(F)F)nn2-c2cccc(CN)c2)c1.Cl.Cl. The lowest BCUT2D eigenvalue weighted by Gasteiger charge is -2.24. The van der Waals surface area contributed by atoms with Crippen molar-refractivity contribution in [2.45, 2.75) is 31.6 Å². The average molecular weight is 673 g/mol. The smallest absolute Gasteiger partial charge is 0.435 e. The van der Waals surface area contributed by atoms with Gasteiger partial charge in [-0.25, -0.2) is 4.68 Å². The molecular formula is C34H34Cl2F3N5O2. The maximum Gasteiger partial charge on any atom is 0.435 e. The van der Waals surface area contributed by atoms with Crippen LogP contribution in [0.1, 0.15) is 51.8 Å². The number of hydrogen-bond acceptors (Lipinski definition) is 5. The Hall–Kier alpha value is -4.09. The summed E-state index contributed by atoms with van der Waals surface area (Å²) in [5.74, 6) is 0.602. The fourth-order valence-electron chi connectivity index (χ4n) is 5.43. The zero-order chi connectivity index (χ0) is 30.8. The van der Waals surface area contributed by atoms with Crippen molar-refractivity contribution in [2.75, 3.05) is 19.0 Å². The predicted octanol–water partition coefficient (Wildman–Crippen LogP) is 7.70. The molecule has 0 spiro atoms. The average Bonchev–Trinajstić information content (AvgIpc) is 3.74. The highest BCUT2D eigenvalue weighted by atomic mass is 35.5. The number of benzene rings is 4. The normalized spacial score (nSPS) is 13.4. The summed E-state index contributed by atoms with van der Waals surface area (Å²) in [6.07, 6.45) is -2.39. The van der Waals surface area contributed by atoms with Crippen LogP contribution in [0.2, 0.25) is 0 Å². The Morgan fingerprint density at radius 3 is 2.48 bits per heavy atom. The summed E-state index contributed by atoms with van der Waals surface area (Å²) in [5, 5.41) is 12.4. The van der Waals surface area contributed by atoms with E-state index >= 15 is 0 Å². The first-order valence-electron chi connectivity index (χ1n) is 14.4. The van der Waals surface area contributed by atoms with Crippen LogP contribution in [-0.4, -0.2) is 29.3 Å². The summed E-state index contributed by atoms with van der Waals surface area (Å²) in [5.41, 5.74) is 7.60. The maximum atomic E-state index is 13.7. The number of amides is 1. The summed E-state index contributed by atoms with van der Waals surface area (Å²) in [6.45, 7) is 1.00. The number of nitrogens with one attached hydrogen (secondary N) is 2. The molecule has 1 heterocycles. The first-order chi connectivity index (χ1) is 21.2. The molecular weight excluding hydrogens is 638 g/mol. The second-order valence-corrected chi connectivity index (χ2v) is 11.0. The number of hydrogen-bond donors (Lipinski definition) is 3. The highest BCUT2D eigenvalue weighted by molar-refractivity contribution is 6.03. The van der Waals surface area contributed by atoms with E-state index in [-0.39, 0.29) is 43.1 Å². The van der Waals surface area contributed by atoms with Gasteiger partial charge in [0.1, 0.15) is 11.4 Å². The number of halogens is 5. The van der Waals surface area contributed by atoms with Crippen molar-refractivity contribution in [1.82, 2.24) is 15.1 Å². The molecule has 1 aliphatic rings. The lowest BCUT2D eigenvalue weighted by molar-refractivity contribution is -0.141. The van der Waals surface area contributed by atoms with Crippen LogP contribution in [0.3, 0.4) is 0 Å². The Morgan fingerprint density at radius 1 is 1.00 bits per heavy atom. The first-order valence-corrected chi connectivity index (χ1v) is 14.4. The van der Waals surface area contributed by atoms with Gasteiger partial charge in [-0.05, 0) is 77.5 Å². The van der Waals surface area contributed by atoms with Crippen LogP contribution in [0, 0.1) is 5.92 Å². The molecule has 1 aliphatic carbocycles. The third kappa shape index (κ3) is 7.47. The number of carbonyl (C=O) groups excluding carboxylic acids is 1. The van der Waals surface area contributed by atoms with Crippen molar-refractivity contribution < 1.29 is 22.7 Å². The lowest BCUT2D eigenvalue weighted by atomic mass is 9.92. The Bertz CT molecular complexity index is 1820. The van der Waals surface area contributed by atoms with Crippen LogP contribution >= 0.6 is 24.8 Å². The van der Waals surface area contributed by atoms with Gasteiger partial charge in [-0.1, -0.05) is 54.6 Å². The van der Waals surface area contributed by atoms with Gasteiger partial charge in [-0.3, -0.25) is 4.79 Å². The van der Waals surface area contributed by atoms with Gasteiger partial charge in [-0.15, -0.1) is 24.8 Å². The number of nitrogens with two attached hydrogens (primary N) is 1. The van der Waals surface area contributed by atoms with E-state index in [9.17, 15) is 18.0 Å². The van der Waals surface area contributed by atoms with E-state index < -0.39 is 17.8 Å². The summed E-state index contributed by atoms with van der Waals surface area (Å²) in [6, 6.07) is 26.5. The molecule has 12 heteroatoms. The molecule has 4 aromatic carbocycles. The molecule has 7 nitrogen and oxygen atoms in total. The molecule has 1 saturated carbocycles. The van der Waals surface area contributed by atoms with Crippen LogP contribution in [0.4, 0.5) is 18.9 Å². The molecule has 1 aromatic heterocycles. The van der Waals surface area contributed by atoms with E-state index in [4.69, 9.17) is 10.5 Å². The minimum absolute atomic E-state index is 0. The van der Waals surface area contributed by atoms with E-state index in [1.807, 2.05) is 42.5 Å². The highest BCUT2D eigenvalue weighted by Crippen LogP contribution is 2.38. The first kappa shape index (κ1) is 34.8. The molecule has 0 radical (unpaired) electrons. The Labute approximate surface area is 277 Å². The van der Waals surface area contributed by atoms with Crippen LogP contribution in [0.25, 0.3) is 16.5 Å². The standard InChI is InChI=1S/C34H32F3N5O2.2ClH/c1-44-29-15-14-23-7-2-3-11-27(23)31(29)32(39-20-21-12-13-21)24-8-5-9-25(17-24)40-33(43)28-18-30(34(35,36)37)41-42(28)26-10-4-6-22(16-26)19-38;;/h2-11,14-18,21,32,39H,12-13,19-20,38H2,1H3,(H,40,43);2*1H. The van der Waals surface area contributed by atoms with Crippen LogP contribution in [0.15, 0.2) is 91.0 Å². The number of anilines is 1. The summed E-state index contributed by atoms with van der Waals surface area (Å²) in [4.78, 5) is 13.6. The Kier molecular flexibility index (Phi) is 11.0. The van der Waals surface area contributed by atoms with Crippen molar-refractivity contribution in [3.05, 3.63) is 119 Å². The molecule has 4 N–H and O–H groups in total. The Balaban J connectivity index is 0.00000240. The van der Waals surface area contributed by atoms with Crippen molar-refractivity contribution in [3.63, 3.8) is 0 Å². The lowest BCUT2D eigenvalue weighted by Crippen LogP contribution is -2.25. The van der Waals surface area contributed by atoms with Crippen LogP contribution in [0.5, 0.6) is 5.75 Å². The van der Waals surface area contributed by atoms with Crippen LogP contribution in [-0.2, 0) is 12.7 Å². The molecule has 6 rings (SSSR count). The number of nitrogens with zero attached hydrogens (tertiary/aromatic N) is 2. The van der Waals surface area contributed by atoms with Gasteiger partial charge in [0.2, 0.25) is 0 Å². The maximum absolute atomic E-state index is 13.7. The van der Waals surface area contributed by atoms with Gasteiger partial charge in [0.25, 0.3) is 5.91 Å². The van der Waals surface area contributed by atoms with E-state index in [0.717, 1.165) is 44.9 Å². The van der Waals surface area contributed by atoms with E-state index in [1.165, 1.54) is 12.8 Å². The molecule has 1 fully saturated rings. The zero-order valence-corrected chi connectivity index (χ0v) is 26.5. The third-order valence-electron chi connectivity index (χ3n) is 7.85. The van der Waals surface area contributed by atoms with Gasteiger partial charge in [0, 0.05) is 23.9 Å². The molecule has 1 atom stereocenters. The molecule has 1 amide bonds. The largest absolute Gasteiger partial charge is 0.496 e. The monoisotopic (exact) mass is 671 g/mol. The number of methoxy groups -OCH3 is 1. The van der Waals surface area contributed by atoms with Crippen molar-refractivity contribution in [3.8, 4) is 11.4 Å². The van der Waals surface area contributed by atoms with E-state index in [1.54, 1.807) is 37.4 Å². The van der Waals surface area contributed by atoms with Gasteiger partial charge in [0.15, 0.2) is 5.69 Å². The number of alkyl halides is 3. The van der Waals surface area contributed by atoms with Crippen LogP contribution < -0.4 is 21.1 Å².